The third kappa shape index (κ3) is 2.74. The van der Waals surface area contributed by atoms with Crippen LogP contribution in [0.2, 0.25) is 0 Å². The zero-order valence-corrected chi connectivity index (χ0v) is 11.4. The Labute approximate surface area is 119 Å². The number of hydrogen-bond donors (Lipinski definition) is 1. The number of carbonyl (C=O) groups is 1. The molecule has 0 aliphatic rings. The summed E-state index contributed by atoms with van der Waals surface area (Å²) in [6, 6.07) is 11.1. The minimum Gasteiger partial charge on any atom is -0.475 e. The summed E-state index contributed by atoms with van der Waals surface area (Å²) < 4.78 is 10.8. The summed E-state index contributed by atoms with van der Waals surface area (Å²) in [5, 5.41) is 11.7. The van der Waals surface area contributed by atoms with Crippen molar-refractivity contribution in [2.24, 2.45) is 0 Å². The highest BCUT2D eigenvalue weighted by atomic mass is 32.1. The Balaban J connectivity index is 1.70. The van der Waals surface area contributed by atoms with E-state index in [0.717, 1.165) is 10.9 Å². The number of hydrogen-bond acceptors (Lipinski definition) is 4. The molecule has 1 N–H and O–H groups in total. The number of aromatic carboxylic acids is 1. The minimum atomic E-state index is -1.06. The van der Waals surface area contributed by atoms with E-state index in [1.165, 1.54) is 10.9 Å². The Morgan fingerprint density at radius 3 is 2.90 bits per heavy atom. The Hall–Kier alpha value is -2.11. The van der Waals surface area contributed by atoms with Gasteiger partial charge >= 0.3 is 5.97 Å². The molecule has 2 heterocycles. The van der Waals surface area contributed by atoms with Crippen LogP contribution >= 0.6 is 11.3 Å². The third-order valence-electron chi connectivity index (χ3n) is 2.88. The van der Waals surface area contributed by atoms with Gasteiger partial charge in [-0.1, -0.05) is 12.1 Å². The molecule has 4 nitrogen and oxygen atoms in total. The van der Waals surface area contributed by atoms with E-state index >= 15 is 0 Å². The molecule has 0 saturated heterocycles. The maximum absolute atomic E-state index is 10.8. The molecular weight excluding hydrogens is 276 g/mol. The summed E-state index contributed by atoms with van der Waals surface area (Å²) in [7, 11) is 0. The highest BCUT2D eigenvalue weighted by Gasteiger charge is 2.10. The van der Waals surface area contributed by atoms with Crippen LogP contribution < -0.4 is 0 Å². The summed E-state index contributed by atoms with van der Waals surface area (Å²) in [6.45, 7) is 1.07. The number of rotatable bonds is 5. The van der Waals surface area contributed by atoms with E-state index in [9.17, 15) is 4.79 Å². The van der Waals surface area contributed by atoms with Gasteiger partial charge in [0.25, 0.3) is 0 Å². The molecule has 0 atom stereocenters. The first kappa shape index (κ1) is 12.9. The first-order chi connectivity index (χ1) is 9.72. The molecule has 0 aliphatic carbocycles. The lowest BCUT2D eigenvalue weighted by molar-refractivity contribution is 0.0665. The number of fused-ring (bicyclic) bond motifs is 1. The molecule has 3 aromatic rings. The van der Waals surface area contributed by atoms with Crippen molar-refractivity contribution in [1.82, 2.24) is 0 Å². The maximum Gasteiger partial charge on any atom is 0.371 e. The summed E-state index contributed by atoms with van der Waals surface area (Å²) in [6.07, 6.45) is 0. The van der Waals surface area contributed by atoms with Gasteiger partial charge in [-0.2, -0.15) is 0 Å². The number of benzene rings is 1. The molecule has 102 valence electrons. The number of carboxylic acids is 1. The predicted molar refractivity (Wildman–Crippen MR) is 76.0 cm³/mol. The molecular formula is C15H12O4S. The quantitative estimate of drug-likeness (QED) is 0.773. The lowest BCUT2D eigenvalue weighted by atomic mass is 10.2. The SMILES string of the molecule is O=C(O)c1cc2cc(COCc3cccs3)ccc2o1. The summed E-state index contributed by atoms with van der Waals surface area (Å²) in [5.41, 5.74) is 1.57. The normalized spacial score (nSPS) is 11.0. The molecule has 0 saturated carbocycles. The highest BCUT2D eigenvalue weighted by Crippen LogP contribution is 2.21. The summed E-state index contributed by atoms with van der Waals surface area (Å²) >= 11 is 1.66. The van der Waals surface area contributed by atoms with Gasteiger partial charge < -0.3 is 14.3 Å². The molecule has 0 spiro atoms. The van der Waals surface area contributed by atoms with E-state index in [4.69, 9.17) is 14.3 Å². The number of thiophene rings is 1. The number of furan rings is 1. The van der Waals surface area contributed by atoms with Gasteiger partial charge in [-0.15, -0.1) is 11.3 Å². The van der Waals surface area contributed by atoms with Crippen LogP contribution in [0.4, 0.5) is 0 Å². The zero-order chi connectivity index (χ0) is 13.9. The molecule has 1 aromatic carbocycles. The summed E-state index contributed by atoms with van der Waals surface area (Å²) in [4.78, 5) is 12.0. The number of ether oxygens (including phenoxy) is 1. The monoisotopic (exact) mass is 288 g/mol. The van der Waals surface area contributed by atoms with Gasteiger partial charge in [-0.3, -0.25) is 0 Å². The Morgan fingerprint density at radius 2 is 2.15 bits per heavy atom. The molecule has 0 fully saturated rings. The Kier molecular flexibility index (Phi) is 3.54. The third-order valence-corrected chi connectivity index (χ3v) is 3.73. The fourth-order valence-corrected chi connectivity index (χ4v) is 2.59. The van der Waals surface area contributed by atoms with Crippen molar-refractivity contribution in [3.63, 3.8) is 0 Å². The van der Waals surface area contributed by atoms with Crippen LogP contribution in [0.25, 0.3) is 11.0 Å². The molecule has 2 aromatic heterocycles. The Bertz CT molecular complexity index is 728. The highest BCUT2D eigenvalue weighted by molar-refractivity contribution is 7.09. The second kappa shape index (κ2) is 5.48. The van der Waals surface area contributed by atoms with Gasteiger partial charge in [-0.25, -0.2) is 4.79 Å². The molecule has 0 aliphatic heterocycles. The van der Waals surface area contributed by atoms with E-state index < -0.39 is 5.97 Å². The predicted octanol–water partition coefficient (Wildman–Crippen LogP) is 3.91. The largest absolute Gasteiger partial charge is 0.475 e. The Morgan fingerprint density at radius 1 is 1.25 bits per heavy atom. The van der Waals surface area contributed by atoms with E-state index in [0.29, 0.717) is 18.8 Å². The average molecular weight is 288 g/mol. The lowest BCUT2D eigenvalue weighted by Gasteiger charge is -2.02. The molecule has 5 heteroatoms. The fourth-order valence-electron chi connectivity index (χ4n) is 1.95. The van der Waals surface area contributed by atoms with Crippen molar-refractivity contribution >= 4 is 28.3 Å². The van der Waals surface area contributed by atoms with Crippen LogP contribution in [0.5, 0.6) is 0 Å². The second-order valence-corrected chi connectivity index (χ2v) is 5.39. The lowest BCUT2D eigenvalue weighted by Crippen LogP contribution is -1.92. The van der Waals surface area contributed by atoms with Crippen molar-refractivity contribution in [2.75, 3.05) is 0 Å². The van der Waals surface area contributed by atoms with Gasteiger partial charge in [0.2, 0.25) is 5.76 Å². The molecule has 0 radical (unpaired) electrons. The van der Waals surface area contributed by atoms with Crippen molar-refractivity contribution < 1.29 is 19.1 Å². The maximum atomic E-state index is 10.8. The average Bonchev–Trinajstić information content (AvgIpc) is 3.06. The topological polar surface area (TPSA) is 59.7 Å². The van der Waals surface area contributed by atoms with Gasteiger partial charge in [-0.05, 0) is 35.2 Å². The van der Waals surface area contributed by atoms with Crippen molar-refractivity contribution in [3.8, 4) is 0 Å². The van der Waals surface area contributed by atoms with Gasteiger partial charge in [0.15, 0.2) is 0 Å². The van der Waals surface area contributed by atoms with Crippen molar-refractivity contribution in [1.29, 1.82) is 0 Å². The molecule has 0 bridgehead atoms. The van der Waals surface area contributed by atoms with E-state index in [1.807, 2.05) is 29.6 Å². The molecule has 0 unspecified atom stereocenters. The molecule has 20 heavy (non-hydrogen) atoms. The molecule has 3 rings (SSSR count). The van der Waals surface area contributed by atoms with Crippen LogP contribution in [-0.4, -0.2) is 11.1 Å². The first-order valence-corrected chi connectivity index (χ1v) is 6.96. The van der Waals surface area contributed by atoms with Gasteiger partial charge in [0.05, 0.1) is 13.2 Å². The number of carboxylic acid groups (broad SMARTS) is 1. The van der Waals surface area contributed by atoms with E-state index in [1.54, 1.807) is 17.4 Å². The van der Waals surface area contributed by atoms with Crippen LogP contribution in [0.3, 0.4) is 0 Å². The van der Waals surface area contributed by atoms with E-state index in [2.05, 4.69) is 0 Å². The van der Waals surface area contributed by atoms with E-state index in [-0.39, 0.29) is 5.76 Å². The summed E-state index contributed by atoms with van der Waals surface area (Å²) in [5.74, 6) is -1.10. The fraction of sp³-hybridized carbons (Fsp3) is 0.133. The zero-order valence-electron chi connectivity index (χ0n) is 10.5. The second-order valence-electron chi connectivity index (χ2n) is 4.36. The van der Waals surface area contributed by atoms with Gasteiger partial charge in [0, 0.05) is 10.3 Å². The smallest absolute Gasteiger partial charge is 0.371 e. The van der Waals surface area contributed by atoms with Gasteiger partial charge in [0.1, 0.15) is 5.58 Å². The van der Waals surface area contributed by atoms with Crippen LogP contribution in [0.15, 0.2) is 46.2 Å². The molecule has 0 amide bonds. The van der Waals surface area contributed by atoms with Crippen molar-refractivity contribution in [3.05, 3.63) is 58.0 Å². The van der Waals surface area contributed by atoms with Crippen LogP contribution in [0.1, 0.15) is 21.0 Å². The van der Waals surface area contributed by atoms with Crippen LogP contribution in [-0.2, 0) is 18.0 Å². The van der Waals surface area contributed by atoms with Crippen molar-refractivity contribution in [2.45, 2.75) is 13.2 Å². The van der Waals surface area contributed by atoms with Crippen LogP contribution in [0, 0.1) is 0 Å². The standard InChI is InChI=1S/C15H12O4S/c16-15(17)14-7-11-6-10(3-4-13(11)19-14)8-18-9-12-2-1-5-20-12/h1-7H,8-9H2,(H,16,17). The minimum absolute atomic E-state index is 0.0448. The first-order valence-electron chi connectivity index (χ1n) is 6.08.